The molecule has 6 nitrogen and oxygen atoms in total. The van der Waals surface area contributed by atoms with Gasteiger partial charge in [0, 0.05) is 16.5 Å². The van der Waals surface area contributed by atoms with E-state index < -0.39 is 10.9 Å². The summed E-state index contributed by atoms with van der Waals surface area (Å²) in [5.74, 6) is 0.268. The maximum Gasteiger partial charge on any atom is 0.270 e. The lowest BCUT2D eigenvalue weighted by atomic mass is 9.94. The van der Waals surface area contributed by atoms with Crippen molar-refractivity contribution in [1.82, 2.24) is 4.37 Å². The summed E-state index contributed by atoms with van der Waals surface area (Å²) in [5.41, 5.74) is 4.82. The molecular formula is C28H28FNO5S. The van der Waals surface area contributed by atoms with Crippen LogP contribution >= 0.6 is 10.9 Å². The van der Waals surface area contributed by atoms with Crippen LogP contribution in [0.25, 0.3) is 21.6 Å². The minimum Gasteiger partial charge on any atom is -0.568 e. The molecule has 0 aliphatic carbocycles. The van der Waals surface area contributed by atoms with E-state index >= 15 is 4.39 Å². The Morgan fingerprint density at radius 1 is 0.972 bits per heavy atom. The Hall–Kier alpha value is -3.46. The zero-order valence-electron chi connectivity index (χ0n) is 20.4. The second kappa shape index (κ2) is 11.5. The van der Waals surface area contributed by atoms with Crippen LogP contribution in [-0.4, -0.2) is 33.9 Å². The van der Waals surface area contributed by atoms with Crippen LogP contribution in [0.5, 0.6) is 17.4 Å². The van der Waals surface area contributed by atoms with Gasteiger partial charge in [-0.25, -0.2) is 4.39 Å². The molecule has 0 saturated carbocycles. The Balaban J connectivity index is 1.47. The molecule has 0 spiro atoms. The van der Waals surface area contributed by atoms with Crippen LogP contribution in [0.3, 0.4) is 0 Å². The molecule has 0 amide bonds. The first-order chi connectivity index (χ1) is 17.4. The van der Waals surface area contributed by atoms with Gasteiger partial charge in [-0.05, 0) is 85.0 Å². The topological polar surface area (TPSA) is 83.9 Å². The Morgan fingerprint density at radius 3 is 2.44 bits per heavy atom. The second-order valence-electron chi connectivity index (χ2n) is 8.27. The van der Waals surface area contributed by atoms with Crippen molar-refractivity contribution in [3.8, 4) is 38.9 Å². The lowest BCUT2D eigenvalue weighted by Crippen LogP contribution is -2.08. The Labute approximate surface area is 212 Å². The van der Waals surface area contributed by atoms with Gasteiger partial charge in [0.2, 0.25) is 4.88 Å². The standard InChI is InChI=1S/C28H28FNO5S/c1-4-33-12-13-34-24-14-18(2)27(19(3)28(24)29)22-7-5-6-20(15-22)17-35-23-10-8-21(9-11-23)25-16-26(31)30-36(25)32/h5-11,14-16H,4,12-13,17H2,1-3H3,(H,30,31). The van der Waals surface area contributed by atoms with E-state index in [1.165, 1.54) is 6.07 Å². The molecule has 4 aromatic rings. The number of aromatic nitrogens is 1. The summed E-state index contributed by atoms with van der Waals surface area (Å²) < 4.78 is 47.4. The van der Waals surface area contributed by atoms with Gasteiger partial charge < -0.3 is 23.9 Å². The molecule has 1 unspecified atom stereocenters. The number of hydrogen-bond donors (Lipinski definition) is 1. The van der Waals surface area contributed by atoms with Crippen LogP contribution in [0.4, 0.5) is 4.39 Å². The number of hydrogen-bond acceptors (Lipinski definition) is 6. The van der Waals surface area contributed by atoms with Crippen molar-refractivity contribution in [2.24, 2.45) is 0 Å². The highest BCUT2D eigenvalue weighted by atomic mass is 32.2. The third kappa shape index (κ3) is 5.84. The summed E-state index contributed by atoms with van der Waals surface area (Å²) in [5, 5.41) is 9.44. The lowest BCUT2D eigenvalue weighted by Gasteiger charge is -2.16. The fraction of sp³-hybridized carbons (Fsp3) is 0.250. The van der Waals surface area contributed by atoms with Crippen molar-refractivity contribution in [3.63, 3.8) is 0 Å². The van der Waals surface area contributed by atoms with E-state index in [1.54, 1.807) is 37.3 Å². The molecule has 0 fully saturated rings. The third-order valence-corrected chi connectivity index (χ3v) is 6.82. The highest BCUT2D eigenvalue weighted by Gasteiger charge is 2.17. The van der Waals surface area contributed by atoms with E-state index in [2.05, 4.69) is 4.37 Å². The van der Waals surface area contributed by atoms with Gasteiger partial charge in [0.05, 0.1) is 23.6 Å². The number of aromatic hydroxyl groups is 1. The van der Waals surface area contributed by atoms with E-state index in [0.717, 1.165) is 22.3 Å². The average molecular weight is 510 g/mol. The summed E-state index contributed by atoms with van der Waals surface area (Å²) in [6, 6.07) is 18.1. The predicted molar refractivity (Wildman–Crippen MR) is 138 cm³/mol. The average Bonchev–Trinajstić information content (AvgIpc) is 3.21. The number of rotatable bonds is 10. The molecule has 1 atom stereocenters. The predicted octanol–water partition coefficient (Wildman–Crippen LogP) is 6.60. The van der Waals surface area contributed by atoms with E-state index in [-0.39, 0.29) is 17.4 Å². The number of benzene rings is 3. The van der Waals surface area contributed by atoms with Crippen molar-refractivity contribution >= 4 is 10.9 Å². The molecule has 0 aliphatic rings. The largest absolute Gasteiger partial charge is 0.568 e. The monoisotopic (exact) mass is 509 g/mol. The summed E-state index contributed by atoms with van der Waals surface area (Å²) in [6.45, 7) is 7.23. The fourth-order valence-electron chi connectivity index (χ4n) is 4.04. The first-order valence-electron chi connectivity index (χ1n) is 11.6. The molecule has 4 rings (SSSR count). The van der Waals surface area contributed by atoms with Gasteiger partial charge >= 0.3 is 0 Å². The molecule has 0 saturated heterocycles. The summed E-state index contributed by atoms with van der Waals surface area (Å²) >= 11 is 0. The van der Waals surface area contributed by atoms with Crippen LogP contribution in [0, 0.1) is 19.7 Å². The Bertz CT molecular complexity index is 1340. The second-order valence-corrected chi connectivity index (χ2v) is 9.39. The SMILES string of the molecule is CCOCCOc1cc(C)c(-c2cccc(COc3ccc(-c4cc(O)n[s+]4[O-])cc3)c2)c(C)c1F. The van der Waals surface area contributed by atoms with Crippen LogP contribution in [-0.2, 0) is 11.3 Å². The van der Waals surface area contributed by atoms with E-state index in [9.17, 15) is 9.66 Å². The lowest BCUT2D eigenvalue weighted by molar-refractivity contribution is 0.108. The molecule has 0 radical (unpaired) electrons. The molecule has 36 heavy (non-hydrogen) atoms. The molecule has 1 heterocycles. The summed E-state index contributed by atoms with van der Waals surface area (Å²) in [4.78, 5) is 0.454. The normalized spacial score (nSPS) is 11.5. The van der Waals surface area contributed by atoms with Gasteiger partial charge in [-0.1, -0.05) is 18.2 Å². The fourth-order valence-corrected chi connectivity index (χ4v) is 4.90. The van der Waals surface area contributed by atoms with E-state index in [0.29, 0.717) is 48.2 Å². The molecule has 0 aliphatic heterocycles. The van der Waals surface area contributed by atoms with Crippen LogP contribution in [0.15, 0.2) is 60.7 Å². The molecule has 188 valence electrons. The molecule has 1 N–H and O–H groups in total. The van der Waals surface area contributed by atoms with Gasteiger partial charge in [-0.2, -0.15) is 0 Å². The smallest absolute Gasteiger partial charge is 0.270 e. The molecule has 0 bridgehead atoms. The third-order valence-electron chi connectivity index (χ3n) is 5.74. The van der Waals surface area contributed by atoms with Gasteiger partial charge in [0.25, 0.3) is 5.88 Å². The molecular weight excluding hydrogens is 481 g/mol. The molecule has 3 aromatic carbocycles. The van der Waals surface area contributed by atoms with Crippen LogP contribution in [0.2, 0.25) is 0 Å². The summed E-state index contributed by atoms with van der Waals surface area (Å²) in [7, 11) is -1.59. The van der Waals surface area contributed by atoms with Crippen LogP contribution < -0.4 is 9.47 Å². The maximum absolute atomic E-state index is 15.1. The van der Waals surface area contributed by atoms with Crippen molar-refractivity contribution in [2.75, 3.05) is 19.8 Å². The van der Waals surface area contributed by atoms with Gasteiger partial charge in [0.1, 0.15) is 19.0 Å². The Morgan fingerprint density at radius 2 is 1.75 bits per heavy atom. The van der Waals surface area contributed by atoms with Gasteiger partial charge in [-0.15, -0.1) is 0 Å². The van der Waals surface area contributed by atoms with Crippen LogP contribution in [0.1, 0.15) is 23.6 Å². The first kappa shape index (κ1) is 25.6. The zero-order valence-corrected chi connectivity index (χ0v) is 21.2. The zero-order chi connectivity index (χ0) is 25.7. The highest BCUT2D eigenvalue weighted by Crippen LogP contribution is 2.36. The quantitative estimate of drug-likeness (QED) is 0.192. The van der Waals surface area contributed by atoms with Crippen molar-refractivity contribution in [3.05, 3.63) is 83.2 Å². The minimum atomic E-state index is -1.59. The minimum absolute atomic E-state index is 0.232. The van der Waals surface area contributed by atoms with Gasteiger partial charge in [0.15, 0.2) is 11.6 Å². The number of halogens is 1. The number of nitrogens with zero attached hydrogens (tertiary/aromatic N) is 1. The highest BCUT2D eigenvalue weighted by molar-refractivity contribution is 7.23. The van der Waals surface area contributed by atoms with Crippen molar-refractivity contribution < 1.29 is 28.3 Å². The molecule has 1 aromatic heterocycles. The van der Waals surface area contributed by atoms with Crippen molar-refractivity contribution in [2.45, 2.75) is 27.4 Å². The van der Waals surface area contributed by atoms with E-state index in [4.69, 9.17) is 14.2 Å². The number of ether oxygens (including phenoxy) is 3. The number of aryl methyl sites for hydroxylation is 1. The summed E-state index contributed by atoms with van der Waals surface area (Å²) in [6.07, 6.45) is 0. The maximum atomic E-state index is 15.1. The van der Waals surface area contributed by atoms with Crippen molar-refractivity contribution in [1.29, 1.82) is 0 Å². The van der Waals surface area contributed by atoms with E-state index in [1.807, 2.05) is 38.1 Å². The Kier molecular flexibility index (Phi) is 8.20. The van der Waals surface area contributed by atoms with Gasteiger partial charge in [-0.3, -0.25) is 0 Å². The molecule has 8 heteroatoms. The first-order valence-corrected chi connectivity index (χ1v) is 12.7.